The molecule has 1 fully saturated rings. The lowest BCUT2D eigenvalue weighted by molar-refractivity contribution is 0.124. The second kappa shape index (κ2) is 5.49. The number of nitriles is 1. The van der Waals surface area contributed by atoms with Gasteiger partial charge in [0.25, 0.3) is 0 Å². The Morgan fingerprint density at radius 3 is 2.78 bits per heavy atom. The number of rotatable bonds is 5. The van der Waals surface area contributed by atoms with Crippen molar-refractivity contribution in [3.05, 3.63) is 35.1 Å². The molecule has 1 N–H and O–H groups in total. The average Bonchev–Trinajstić information content (AvgIpc) is 2.33. The quantitative estimate of drug-likeness (QED) is 0.864. The lowest BCUT2D eigenvalue weighted by Gasteiger charge is -2.41. The van der Waals surface area contributed by atoms with Crippen LogP contribution in [0.15, 0.2) is 18.2 Å². The summed E-state index contributed by atoms with van der Waals surface area (Å²) in [4.78, 5) is 0. The molecule has 1 aromatic rings. The van der Waals surface area contributed by atoms with Crippen LogP contribution >= 0.6 is 0 Å². The molecule has 96 valence electrons. The Morgan fingerprint density at radius 1 is 1.44 bits per heavy atom. The highest BCUT2D eigenvalue weighted by Gasteiger charge is 2.34. The lowest BCUT2D eigenvalue weighted by atomic mass is 9.67. The first-order valence-electron chi connectivity index (χ1n) is 6.58. The molecule has 3 heteroatoms. The van der Waals surface area contributed by atoms with E-state index >= 15 is 0 Å². The van der Waals surface area contributed by atoms with Crippen molar-refractivity contribution in [1.29, 1.82) is 5.26 Å². The van der Waals surface area contributed by atoms with Crippen LogP contribution < -0.4 is 5.32 Å². The highest BCUT2D eigenvalue weighted by molar-refractivity contribution is 5.37. The SMILES string of the molecule is CCC1(CNCc2cc(F)ccc2C#N)CCC1. The third-order valence-electron chi connectivity index (χ3n) is 4.17. The van der Waals surface area contributed by atoms with Gasteiger partial charge in [0.2, 0.25) is 0 Å². The predicted octanol–water partition coefficient (Wildman–Crippen LogP) is 3.37. The lowest BCUT2D eigenvalue weighted by Crippen LogP contribution is -2.39. The van der Waals surface area contributed by atoms with Crippen LogP contribution in [0.1, 0.15) is 43.7 Å². The van der Waals surface area contributed by atoms with E-state index in [1.54, 1.807) is 6.07 Å². The van der Waals surface area contributed by atoms with Gasteiger partial charge in [-0.1, -0.05) is 13.3 Å². The van der Waals surface area contributed by atoms with Crippen LogP contribution in [0.2, 0.25) is 0 Å². The van der Waals surface area contributed by atoms with Crippen LogP contribution in [-0.4, -0.2) is 6.54 Å². The zero-order valence-corrected chi connectivity index (χ0v) is 10.8. The van der Waals surface area contributed by atoms with Gasteiger partial charge in [-0.25, -0.2) is 4.39 Å². The predicted molar refractivity (Wildman–Crippen MR) is 69.4 cm³/mol. The van der Waals surface area contributed by atoms with Gasteiger partial charge in [-0.2, -0.15) is 5.26 Å². The summed E-state index contributed by atoms with van der Waals surface area (Å²) < 4.78 is 13.2. The maximum atomic E-state index is 13.2. The summed E-state index contributed by atoms with van der Waals surface area (Å²) in [6.45, 7) is 3.76. The molecule has 0 bridgehead atoms. The van der Waals surface area contributed by atoms with Gasteiger partial charge in [-0.05, 0) is 48.4 Å². The van der Waals surface area contributed by atoms with Crippen LogP contribution in [0, 0.1) is 22.6 Å². The minimum absolute atomic E-state index is 0.278. The molecule has 0 radical (unpaired) electrons. The van der Waals surface area contributed by atoms with Crippen molar-refractivity contribution >= 4 is 0 Å². The average molecular weight is 246 g/mol. The van der Waals surface area contributed by atoms with Crippen molar-refractivity contribution in [2.45, 2.75) is 39.2 Å². The number of nitrogens with one attached hydrogen (secondary N) is 1. The van der Waals surface area contributed by atoms with Crippen molar-refractivity contribution in [3.63, 3.8) is 0 Å². The summed E-state index contributed by atoms with van der Waals surface area (Å²) in [6, 6.07) is 6.44. The first-order chi connectivity index (χ1) is 8.69. The van der Waals surface area contributed by atoms with E-state index in [1.165, 1.54) is 37.8 Å². The molecule has 0 aliphatic heterocycles. The summed E-state index contributed by atoms with van der Waals surface area (Å²) in [7, 11) is 0. The number of benzene rings is 1. The molecule has 1 saturated carbocycles. The summed E-state index contributed by atoms with van der Waals surface area (Å²) in [6.07, 6.45) is 5.07. The molecule has 0 saturated heterocycles. The largest absolute Gasteiger partial charge is 0.312 e. The van der Waals surface area contributed by atoms with Crippen LogP contribution in [-0.2, 0) is 6.54 Å². The van der Waals surface area contributed by atoms with Gasteiger partial charge >= 0.3 is 0 Å². The summed E-state index contributed by atoms with van der Waals surface area (Å²) in [5, 5.41) is 12.4. The highest BCUT2D eigenvalue weighted by atomic mass is 19.1. The van der Waals surface area contributed by atoms with Crippen molar-refractivity contribution in [3.8, 4) is 6.07 Å². The van der Waals surface area contributed by atoms with E-state index < -0.39 is 0 Å². The fourth-order valence-corrected chi connectivity index (χ4v) is 2.61. The second-order valence-corrected chi connectivity index (χ2v) is 5.22. The van der Waals surface area contributed by atoms with E-state index in [9.17, 15) is 4.39 Å². The molecule has 0 aromatic heterocycles. The zero-order chi connectivity index (χ0) is 13.0. The molecule has 2 nitrogen and oxygen atoms in total. The molecule has 0 amide bonds. The Bertz CT molecular complexity index is 453. The maximum absolute atomic E-state index is 13.2. The van der Waals surface area contributed by atoms with E-state index in [4.69, 9.17) is 5.26 Å². The molecule has 0 atom stereocenters. The highest BCUT2D eigenvalue weighted by Crippen LogP contribution is 2.43. The van der Waals surface area contributed by atoms with Crippen molar-refractivity contribution in [2.24, 2.45) is 5.41 Å². The van der Waals surface area contributed by atoms with Crippen LogP contribution in [0.25, 0.3) is 0 Å². The van der Waals surface area contributed by atoms with Gasteiger partial charge in [0.15, 0.2) is 0 Å². The van der Waals surface area contributed by atoms with Crippen molar-refractivity contribution < 1.29 is 4.39 Å². The minimum atomic E-state index is -0.278. The van der Waals surface area contributed by atoms with Gasteiger partial charge in [0.1, 0.15) is 5.82 Å². The van der Waals surface area contributed by atoms with E-state index in [2.05, 4.69) is 18.3 Å². The minimum Gasteiger partial charge on any atom is -0.312 e. The van der Waals surface area contributed by atoms with E-state index in [-0.39, 0.29) is 5.82 Å². The Labute approximate surface area is 108 Å². The third-order valence-corrected chi connectivity index (χ3v) is 4.17. The maximum Gasteiger partial charge on any atom is 0.123 e. The number of nitrogens with zero attached hydrogens (tertiary/aromatic N) is 1. The van der Waals surface area contributed by atoms with Gasteiger partial charge in [-0.15, -0.1) is 0 Å². The smallest absolute Gasteiger partial charge is 0.123 e. The molecule has 18 heavy (non-hydrogen) atoms. The molecular formula is C15H19FN2. The second-order valence-electron chi connectivity index (χ2n) is 5.22. The van der Waals surface area contributed by atoms with Crippen LogP contribution in [0.3, 0.4) is 0 Å². The Kier molecular flexibility index (Phi) is 3.98. The number of halogens is 1. The van der Waals surface area contributed by atoms with Gasteiger partial charge < -0.3 is 5.32 Å². The normalized spacial score (nSPS) is 16.9. The van der Waals surface area contributed by atoms with Crippen LogP contribution in [0.4, 0.5) is 4.39 Å². The van der Waals surface area contributed by atoms with Crippen molar-refractivity contribution in [2.75, 3.05) is 6.54 Å². The van der Waals surface area contributed by atoms with Crippen LogP contribution in [0.5, 0.6) is 0 Å². The first kappa shape index (κ1) is 13.0. The van der Waals surface area contributed by atoms with E-state index in [1.807, 2.05) is 0 Å². The molecule has 0 unspecified atom stereocenters. The zero-order valence-electron chi connectivity index (χ0n) is 10.8. The Balaban J connectivity index is 1.94. The fraction of sp³-hybridized carbons (Fsp3) is 0.533. The van der Waals surface area contributed by atoms with Gasteiger partial charge in [0, 0.05) is 13.1 Å². The molecule has 1 aliphatic carbocycles. The Morgan fingerprint density at radius 2 is 2.22 bits per heavy atom. The topological polar surface area (TPSA) is 35.8 Å². The van der Waals surface area contributed by atoms with E-state index in [0.717, 1.165) is 12.1 Å². The summed E-state index contributed by atoms with van der Waals surface area (Å²) in [5.41, 5.74) is 1.76. The standard InChI is InChI=1S/C15H19FN2/c1-2-15(6-3-7-15)11-18-10-13-8-14(16)5-4-12(13)9-17/h4-5,8,18H,2-3,6-7,10-11H2,1H3. The third kappa shape index (κ3) is 2.70. The molecule has 0 spiro atoms. The molecule has 1 aromatic carbocycles. The van der Waals surface area contributed by atoms with Gasteiger partial charge in [0.05, 0.1) is 11.6 Å². The summed E-state index contributed by atoms with van der Waals surface area (Å²) in [5.74, 6) is -0.278. The molecule has 2 rings (SSSR count). The number of hydrogen-bond donors (Lipinski definition) is 1. The first-order valence-corrected chi connectivity index (χ1v) is 6.58. The van der Waals surface area contributed by atoms with Gasteiger partial charge in [-0.3, -0.25) is 0 Å². The van der Waals surface area contributed by atoms with E-state index in [0.29, 0.717) is 17.5 Å². The summed E-state index contributed by atoms with van der Waals surface area (Å²) >= 11 is 0. The fourth-order valence-electron chi connectivity index (χ4n) is 2.61. The molecular weight excluding hydrogens is 227 g/mol. The monoisotopic (exact) mass is 246 g/mol. The molecule has 0 heterocycles. The van der Waals surface area contributed by atoms with Crippen molar-refractivity contribution in [1.82, 2.24) is 5.32 Å². The Hall–Kier alpha value is -1.40. The molecule has 1 aliphatic rings. The number of hydrogen-bond acceptors (Lipinski definition) is 2.